The van der Waals surface area contributed by atoms with Crippen molar-refractivity contribution >= 4 is 35.2 Å². The van der Waals surface area contributed by atoms with Crippen LogP contribution >= 0.6 is 11.8 Å². The number of hydrogen-bond acceptors (Lipinski definition) is 7. The number of carbonyl (C=O) groups is 3. The molecule has 4 rings (SSSR count). The van der Waals surface area contributed by atoms with E-state index in [2.05, 4.69) is 19.0 Å². The van der Waals surface area contributed by atoms with Crippen molar-refractivity contribution in [1.29, 1.82) is 0 Å². The SMILES string of the molecule is C[C@]12CC[C@H](SCCN)CC1/C(=N\O)C[C@@H]1[C@@H]2CC[C@]2(C)C(=O)CC[C@@H]12.O=C(O)/C=C/C(=O)O. The van der Waals surface area contributed by atoms with Crippen molar-refractivity contribution in [3.63, 3.8) is 0 Å². The normalized spacial score (nSPS) is 40.1. The molecule has 0 amide bonds. The molecule has 0 bridgehead atoms. The van der Waals surface area contributed by atoms with Gasteiger partial charge in [-0.2, -0.15) is 11.8 Å². The maximum absolute atomic E-state index is 12.6. The molecular formula is C25H38N2O6S. The zero-order valence-electron chi connectivity index (χ0n) is 20.1. The third-order valence-electron chi connectivity index (χ3n) is 9.11. The molecule has 4 aliphatic carbocycles. The molecule has 34 heavy (non-hydrogen) atoms. The van der Waals surface area contributed by atoms with E-state index in [1.54, 1.807) is 0 Å². The van der Waals surface area contributed by atoms with Crippen molar-refractivity contribution < 1.29 is 29.8 Å². The fourth-order valence-corrected chi connectivity index (χ4v) is 8.52. The maximum Gasteiger partial charge on any atom is 0.328 e. The second kappa shape index (κ2) is 10.8. The summed E-state index contributed by atoms with van der Waals surface area (Å²) in [6.45, 7) is 5.42. The topological polar surface area (TPSA) is 150 Å². The number of carbonyl (C=O) groups excluding carboxylic acids is 1. The van der Waals surface area contributed by atoms with Gasteiger partial charge in [0.05, 0.1) is 5.71 Å². The standard InChI is InChI=1S/C21H34N2O2S.C4H4O4/c1-20-7-5-13(26-10-9-22)11-17(20)18(23-25)12-14-15-3-4-19(24)21(15,2)8-6-16(14)20;5-3(6)1-2-4(7)8/h13-17,25H,3-12,22H2,1-2H3;1-2H,(H,5,6)(H,7,8)/b23-18-;2-1+/t13-,14-,15-,16-,17?,20+,21-;/m0./s1. The molecule has 0 aromatic heterocycles. The first-order valence-corrected chi connectivity index (χ1v) is 13.3. The van der Waals surface area contributed by atoms with Gasteiger partial charge in [-0.15, -0.1) is 0 Å². The number of carboxylic acid groups (broad SMARTS) is 2. The van der Waals surface area contributed by atoms with Crippen LogP contribution in [0.25, 0.3) is 0 Å². The molecule has 0 aromatic rings. The number of nitrogens with two attached hydrogens (primary N) is 1. The highest BCUT2D eigenvalue weighted by atomic mass is 32.2. The molecule has 9 heteroatoms. The molecule has 190 valence electrons. The summed E-state index contributed by atoms with van der Waals surface area (Å²) < 4.78 is 0. The van der Waals surface area contributed by atoms with E-state index in [9.17, 15) is 19.6 Å². The Labute approximate surface area is 205 Å². The third kappa shape index (κ3) is 5.20. The smallest absolute Gasteiger partial charge is 0.328 e. The van der Waals surface area contributed by atoms with Gasteiger partial charge in [0, 0.05) is 47.5 Å². The average Bonchev–Trinajstić information content (AvgIpc) is 3.10. The predicted molar refractivity (Wildman–Crippen MR) is 131 cm³/mol. The molecule has 0 spiro atoms. The summed E-state index contributed by atoms with van der Waals surface area (Å²) in [5.74, 6) is 1.10. The van der Waals surface area contributed by atoms with Crippen LogP contribution in [0.2, 0.25) is 0 Å². The molecule has 4 fully saturated rings. The molecular weight excluding hydrogens is 456 g/mol. The minimum absolute atomic E-state index is 0.112. The van der Waals surface area contributed by atoms with Crippen LogP contribution in [-0.4, -0.2) is 56.4 Å². The molecule has 4 saturated carbocycles. The monoisotopic (exact) mass is 494 g/mol. The van der Waals surface area contributed by atoms with Crippen LogP contribution in [-0.2, 0) is 14.4 Å². The van der Waals surface area contributed by atoms with Crippen molar-refractivity contribution in [2.24, 2.45) is 45.4 Å². The summed E-state index contributed by atoms with van der Waals surface area (Å²) in [6, 6.07) is 0. The first-order valence-electron chi connectivity index (χ1n) is 12.3. The fraction of sp³-hybridized carbons (Fsp3) is 0.760. The highest BCUT2D eigenvalue weighted by molar-refractivity contribution is 7.99. The van der Waals surface area contributed by atoms with E-state index in [1.165, 1.54) is 19.3 Å². The molecule has 1 unspecified atom stereocenters. The van der Waals surface area contributed by atoms with Crippen LogP contribution in [0.3, 0.4) is 0 Å². The molecule has 0 radical (unpaired) electrons. The first kappa shape index (κ1) is 26.7. The van der Waals surface area contributed by atoms with Gasteiger partial charge in [0.25, 0.3) is 0 Å². The van der Waals surface area contributed by atoms with E-state index in [1.807, 2.05) is 11.8 Å². The molecule has 8 nitrogen and oxygen atoms in total. The average molecular weight is 495 g/mol. The number of thioether (sulfide) groups is 1. The Balaban J connectivity index is 0.000000350. The van der Waals surface area contributed by atoms with Gasteiger partial charge in [0.1, 0.15) is 5.78 Å². The lowest BCUT2D eigenvalue weighted by molar-refractivity contribution is -0.134. The van der Waals surface area contributed by atoms with Gasteiger partial charge in [-0.25, -0.2) is 9.59 Å². The number of aliphatic carboxylic acids is 2. The Morgan fingerprint density at radius 2 is 1.79 bits per heavy atom. The zero-order valence-corrected chi connectivity index (χ0v) is 20.9. The third-order valence-corrected chi connectivity index (χ3v) is 10.5. The summed E-state index contributed by atoms with van der Waals surface area (Å²) >= 11 is 2.00. The number of oxime groups is 1. The van der Waals surface area contributed by atoms with E-state index < -0.39 is 11.9 Å². The van der Waals surface area contributed by atoms with Gasteiger partial charge in [-0.1, -0.05) is 19.0 Å². The molecule has 7 atom stereocenters. The summed E-state index contributed by atoms with van der Waals surface area (Å²) in [5, 5.41) is 30.0. The minimum atomic E-state index is -1.26. The second-order valence-corrected chi connectivity index (χ2v) is 12.1. The van der Waals surface area contributed by atoms with E-state index in [4.69, 9.17) is 15.9 Å². The molecule has 5 N–H and O–H groups in total. The molecule has 0 aromatic carbocycles. The first-order chi connectivity index (χ1) is 16.1. The largest absolute Gasteiger partial charge is 0.478 e. The van der Waals surface area contributed by atoms with Gasteiger partial charge >= 0.3 is 11.9 Å². The van der Waals surface area contributed by atoms with Gasteiger partial charge in [-0.05, 0) is 68.1 Å². The Morgan fingerprint density at radius 3 is 2.38 bits per heavy atom. The number of carboxylic acids is 2. The lowest BCUT2D eigenvalue weighted by atomic mass is 9.45. The lowest BCUT2D eigenvalue weighted by Gasteiger charge is -2.60. The summed E-state index contributed by atoms with van der Waals surface area (Å²) in [5.41, 5.74) is 6.85. The maximum atomic E-state index is 12.6. The number of hydrogen-bond donors (Lipinski definition) is 4. The van der Waals surface area contributed by atoms with Crippen molar-refractivity contribution in [1.82, 2.24) is 0 Å². The Kier molecular flexibility index (Phi) is 8.50. The summed E-state index contributed by atoms with van der Waals surface area (Å²) in [7, 11) is 0. The van der Waals surface area contributed by atoms with Crippen LogP contribution in [0.1, 0.15) is 65.2 Å². The van der Waals surface area contributed by atoms with E-state index in [0.717, 1.165) is 50.1 Å². The minimum Gasteiger partial charge on any atom is -0.478 e. The number of rotatable bonds is 5. The van der Waals surface area contributed by atoms with Gasteiger partial charge in [-0.3, -0.25) is 4.79 Å². The molecule has 4 aliphatic rings. The van der Waals surface area contributed by atoms with Crippen molar-refractivity contribution in [2.45, 2.75) is 70.5 Å². The highest BCUT2D eigenvalue weighted by Gasteiger charge is 2.61. The lowest BCUT2D eigenvalue weighted by Crippen LogP contribution is -2.56. The number of fused-ring (bicyclic) bond motifs is 5. The van der Waals surface area contributed by atoms with E-state index >= 15 is 0 Å². The fourth-order valence-electron chi connectivity index (χ4n) is 7.44. The van der Waals surface area contributed by atoms with E-state index in [-0.39, 0.29) is 10.8 Å². The Bertz CT molecular complexity index is 844. The van der Waals surface area contributed by atoms with Crippen molar-refractivity contribution in [3.8, 4) is 0 Å². The van der Waals surface area contributed by atoms with Crippen LogP contribution in [0.5, 0.6) is 0 Å². The van der Waals surface area contributed by atoms with Crippen LogP contribution in [0.4, 0.5) is 0 Å². The summed E-state index contributed by atoms with van der Waals surface area (Å²) in [6.07, 6.45) is 9.67. The van der Waals surface area contributed by atoms with Crippen LogP contribution in [0.15, 0.2) is 17.3 Å². The quantitative estimate of drug-likeness (QED) is 0.256. The van der Waals surface area contributed by atoms with E-state index in [0.29, 0.717) is 46.9 Å². The summed E-state index contributed by atoms with van der Waals surface area (Å²) in [4.78, 5) is 31.7. The van der Waals surface area contributed by atoms with Crippen molar-refractivity contribution in [3.05, 3.63) is 12.2 Å². The van der Waals surface area contributed by atoms with Gasteiger partial charge in [0.2, 0.25) is 0 Å². The molecule has 0 heterocycles. The highest BCUT2D eigenvalue weighted by Crippen LogP contribution is 2.65. The zero-order chi connectivity index (χ0) is 25.1. The Hall–Kier alpha value is -1.87. The molecule has 0 saturated heterocycles. The number of Topliss-reactive ketones (excluding diaryl/α,β-unsaturated/α-hetero) is 1. The van der Waals surface area contributed by atoms with Crippen molar-refractivity contribution in [2.75, 3.05) is 12.3 Å². The number of nitrogens with zero attached hydrogens (tertiary/aromatic N) is 1. The Morgan fingerprint density at radius 1 is 1.12 bits per heavy atom. The molecule has 0 aliphatic heterocycles. The predicted octanol–water partition coefficient (Wildman–Crippen LogP) is 3.81. The van der Waals surface area contributed by atoms with Gasteiger partial charge < -0.3 is 21.2 Å². The van der Waals surface area contributed by atoms with Crippen LogP contribution < -0.4 is 5.73 Å². The second-order valence-electron chi connectivity index (χ2n) is 10.7. The number of ketones is 1. The van der Waals surface area contributed by atoms with Gasteiger partial charge in [0.15, 0.2) is 0 Å². The van der Waals surface area contributed by atoms with Crippen LogP contribution in [0, 0.1) is 34.5 Å².